The average molecular weight is 159 g/mol. The number of benzene rings is 1. The number of carbonyl (C=O) groups excluding carboxylic acids is 1. The molecule has 0 saturated carbocycles. The monoisotopic (exact) mass is 159 g/mol. The van der Waals surface area contributed by atoms with Crippen molar-refractivity contribution < 1.29 is 4.79 Å². The van der Waals surface area contributed by atoms with Crippen LogP contribution in [0.15, 0.2) is 30.6 Å². The number of nitrogens with zero attached hydrogens (tertiary/aromatic N) is 1. The molecule has 2 aromatic rings. The summed E-state index contributed by atoms with van der Waals surface area (Å²) in [5.74, 6) is 0. The van der Waals surface area contributed by atoms with E-state index in [1.165, 1.54) is 5.39 Å². The number of hydrogen-bond donors (Lipinski definition) is 0. The van der Waals surface area contributed by atoms with Crippen LogP contribution in [0.2, 0.25) is 0 Å². The van der Waals surface area contributed by atoms with E-state index in [9.17, 15) is 4.79 Å². The van der Waals surface area contributed by atoms with Crippen molar-refractivity contribution in [3.63, 3.8) is 0 Å². The van der Waals surface area contributed by atoms with Gasteiger partial charge in [0.1, 0.15) is 6.29 Å². The fraction of sp³-hybridized carbons (Fsp3) is 0.100. The topological polar surface area (TPSA) is 22.0 Å². The first kappa shape index (κ1) is 7.10. The smallest absolute Gasteiger partial charge is 0.150 e. The van der Waals surface area contributed by atoms with Gasteiger partial charge in [-0.2, -0.15) is 0 Å². The molecule has 0 radical (unpaired) electrons. The molecule has 1 aromatic carbocycles. The fourth-order valence-corrected chi connectivity index (χ4v) is 1.37. The quantitative estimate of drug-likeness (QED) is 0.583. The highest BCUT2D eigenvalue weighted by atomic mass is 16.1. The van der Waals surface area contributed by atoms with Crippen molar-refractivity contribution in [1.82, 2.24) is 4.57 Å². The predicted octanol–water partition coefficient (Wildman–Crippen LogP) is 1.99. The number of hydrogen-bond acceptors (Lipinski definition) is 1. The zero-order valence-corrected chi connectivity index (χ0v) is 6.82. The molecular formula is C10H9NO. The molecule has 2 rings (SSSR count). The first-order valence-corrected chi connectivity index (χ1v) is 3.80. The van der Waals surface area contributed by atoms with Crippen molar-refractivity contribution in [3.05, 3.63) is 36.2 Å². The van der Waals surface area contributed by atoms with E-state index in [4.69, 9.17) is 0 Å². The van der Waals surface area contributed by atoms with Gasteiger partial charge in [0.25, 0.3) is 0 Å². The summed E-state index contributed by atoms with van der Waals surface area (Å²) >= 11 is 0. The molecule has 12 heavy (non-hydrogen) atoms. The van der Waals surface area contributed by atoms with E-state index < -0.39 is 0 Å². The lowest BCUT2D eigenvalue weighted by molar-refractivity contribution is 0.112. The van der Waals surface area contributed by atoms with Gasteiger partial charge in [-0.25, -0.2) is 0 Å². The normalized spacial score (nSPS) is 10.4. The minimum Gasteiger partial charge on any atom is -0.356 e. The maximum Gasteiger partial charge on any atom is 0.150 e. The first-order chi connectivity index (χ1) is 5.79. The predicted molar refractivity (Wildman–Crippen MR) is 48.3 cm³/mol. The van der Waals surface area contributed by atoms with Crippen molar-refractivity contribution >= 4 is 17.1 Å². The van der Waals surface area contributed by atoms with Gasteiger partial charge in [-0.3, -0.25) is 4.79 Å². The molecule has 1 aromatic heterocycles. The Kier molecular flexibility index (Phi) is 1.47. The summed E-state index contributed by atoms with van der Waals surface area (Å²) in [5, 5.41) is 2.28. The maximum absolute atomic E-state index is 10.5. The Balaban J connectivity index is 2.74. The highest BCUT2D eigenvalue weighted by Crippen LogP contribution is 2.15. The lowest BCUT2D eigenvalue weighted by atomic mass is 10.1. The SMILES string of the molecule is Cn1cc2ccc(C=O)cc2c1. The summed E-state index contributed by atoms with van der Waals surface area (Å²) in [6.45, 7) is 0. The number of aryl methyl sites for hydroxylation is 1. The molecule has 0 atom stereocenters. The molecule has 0 aliphatic carbocycles. The van der Waals surface area contributed by atoms with Crippen LogP contribution in [0.3, 0.4) is 0 Å². The Hall–Kier alpha value is -1.57. The van der Waals surface area contributed by atoms with Crippen LogP contribution in [0.4, 0.5) is 0 Å². The van der Waals surface area contributed by atoms with Crippen molar-refractivity contribution in [2.45, 2.75) is 0 Å². The van der Waals surface area contributed by atoms with Crippen LogP contribution in [0.5, 0.6) is 0 Å². The Morgan fingerprint density at radius 2 is 2.00 bits per heavy atom. The summed E-state index contributed by atoms with van der Waals surface area (Å²) < 4.78 is 1.99. The average Bonchev–Trinajstić information content (AvgIpc) is 2.43. The largest absolute Gasteiger partial charge is 0.356 e. The van der Waals surface area contributed by atoms with E-state index in [0.717, 1.165) is 17.2 Å². The fourth-order valence-electron chi connectivity index (χ4n) is 1.37. The minimum absolute atomic E-state index is 0.730. The van der Waals surface area contributed by atoms with Gasteiger partial charge >= 0.3 is 0 Å². The molecule has 0 fully saturated rings. The molecule has 0 aliphatic rings. The molecule has 0 N–H and O–H groups in total. The van der Waals surface area contributed by atoms with Gasteiger partial charge in [-0.1, -0.05) is 12.1 Å². The summed E-state index contributed by atoms with van der Waals surface area (Å²) in [6.07, 6.45) is 4.90. The van der Waals surface area contributed by atoms with E-state index in [1.807, 2.05) is 42.2 Å². The van der Waals surface area contributed by atoms with Crippen molar-refractivity contribution in [1.29, 1.82) is 0 Å². The van der Waals surface area contributed by atoms with Crippen LogP contribution in [0, 0.1) is 0 Å². The van der Waals surface area contributed by atoms with Gasteiger partial charge in [0.2, 0.25) is 0 Å². The standard InChI is InChI=1S/C10H9NO/c1-11-5-9-3-2-8(7-12)4-10(9)6-11/h2-7H,1H3. The molecule has 0 spiro atoms. The van der Waals surface area contributed by atoms with E-state index in [-0.39, 0.29) is 0 Å². The van der Waals surface area contributed by atoms with Gasteiger partial charge in [0.15, 0.2) is 0 Å². The summed E-state index contributed by atoms with van der Waals surface area (Å²) in [5.41, 5.74) is 0.730. The van der Waals surface area contributed by atoms with Crippen LogP contribution in [0.1, 0.15) is 10.4 Å². The lowest BCUT2D eigenvalue weighted by Gasteiger charge is -1.89. The molecule has 0 unspecified atom stereocenters. The van der Waals surface area contributed by atoms with Crippen molar-refractivity contribution in [2.24, 2.45) is 7.05 Å². The third kappa shape index (κ3) is 1.01. The highest BCUT2D eigenvalue weighted by Gasteiger charge is 1.96. The highest BCUT2D eigenvalue weighted by molar-refractivity contribution is 5.88. The third-order valence-corrected chi connectivity index (χ3v) is 1.93. The van der Waals surface area contributed by atoms with E-state index in [1.54, 1.807) is 0 Å². The second kappa shape index (κ2) is 2.48. The Bertz CT molecular complexity index is 428. The Labute approximate surface area is 70.4 Å². The lowest BCUT2D eigenvalue weighted by Crippen LogP contribution is -1.76. The number of aldehydes is 1. The molecule has 0 saturated heterocycles. The number of rotatable bonds is 1. The van der Waals surface area contributed by atoms with Gasteiger partial charge in [0.05, 0.1) is 0 Å². The van der Waals surface area contributed by atoms with E-state index >= 15 is 0 Å². The molecule has 2 heteroatoms. The first-order valence-electron chi connectivity index (χ1n) is 3.80. The van der Waals surface area contributed by atoms with Crippen LogP contribution in [0.25, 0.3) is 10.8 Å². The summed E-state index contributed by atoms with van der Waals surface area (Å²) in [6, 6.07) is 5.68. The zero-order chi connectivity index (χ0) is 8.55. The van der Waals surface area contributed by atoms with Gasteiger partial charge in [-0.15, -0.1) is 0 Å². The Morgan fingerprint density at radius 1 is 1.25 bits per heavy atom. The summed E-state index contributed by atoms with van der Waals surface area (Å²) in [7, 11) is 1.97. The number of fused-ring (bicyclic) bond motifs is 1. The molecule has 0 bridgehead atoms. The number of aromatic nitrogens is 1. The van der Waals surface area contributed by atoms with Crippen LogP contribution in [-0.4, -0.2) is 10.9 Å². The molecular weight excluding hydrogens is 150 g/mol. The molecule has 0 aliphatic heterocycles. The molecule has 2 nitrogen and oxygen atoms in total. The van der Waals surface area contributed by atoms with Gasteiger partial charge < -0.3 is 4.57 Å². The van der Waals surface area contributed by atoms with E-state index in [0.29, 0.717) is 0 Å². The molecule has 60 valence electrons. The second-order valence-corrected chi connectivity index (χ2v) is 2.93. The molecule has 1 heterocycles. The van der Waals surface area contributed by atoms with Crippen molar-refractivity contribution in [2.75, 3.05) is 0 Å². The van der Waals surface area contributed by atoms with Crippen LogP contribution in [-0.2, 0) is 7.05 Å². The van der Waals surface area contributed by atoms with Crippen LogP contribution >= 0.6 is 0 Å². The summed E-state index contributed by atoms with van der Waals surface area (Å²) in [4.78, 5) is 10.5. The van der Waals surface area contributed by atoms with Gasteiger partial charge in [-0.05, 0) is 11.5 Å². The zero-order valence-electron chi connectivity index (χ0n) is 6.82. The third-order valence-electron chi connectivity index (χ3n) is 1.93. The van der Waals surface area contributed by atoms with Gasteiger partial charge in [0, 0.05) is 30.4 Å². The minimum atomic E-state index is 0.730. The van der Waals surface area contributed by atoms with E-state index in [2.05, 4.69) is 0 Å². The Morgan fingerprint density at radius 3 is 2.75 bits per heavy atom. The maximum atomic E-state index is 10.5. The number of carbonyl (C=O) groups is 1. The molecule has 0 amide bonds. The van der Waals surface area contributed by atoms with Crippen LogP contribution < -0.4 is 0 Å². The second-order valence-electron chi connectivity index (χ2n) is 2.93. The van der Waals surface area contributed by atoms with Crippen molar-refractivity contribution in [3.8, 4) is 0 Å².